The second kappa shape index (κ2) is 19.5. The molecule has 0 amide bonds. The Morgan fingerprint density at radius 2 is 1.07 bits per heavy atom. The molecule has 0 N–H and O–H groups in total. The summed E-state index contributed by atoms with van der Waals surface area (Å²) in [5.74, 6) is 2.03. The van der Waals surface area contributed by atoms with Crippen molar-refractivity contribution in [3.05, 3.63) is 234 Å². The SMILES string of the molecule is CC(C)(C)c1cc(N2[CH-]N(c3[c-]c(Oc4[c-]c5c(c(C(C)(C)C)c4)c4ccccc4n5-c4cc(C(C)(C)c5ccccc5)ccn4)cc(-c4ccccc4)c3)C=C2C(C)(C)c2ccccc2)cc(C(C)(C)C)c1.[Pt]. The number of hydrogen-bond acceptors (Lipinski definition) is 4. The predicted octanol–water partition coefficient (Wildman–Crippen LogP) is 17.7. The largest absolute Gasteiger partial charge is 0.509 e. The van der Waals surface area contributed by atoms with Crippen LogP contribution in [0, 0.1) is 18.8 Å². The first-order chi connectivity index (χ1) is 34.6. The normalized spacial score (nSPS) is 13.6. The molecular formula is C68H69N4OPt-3. The Balaban J connectivity index is 0.00000672. The molecule has 0 spiro atoms. The molecule has 0 radical (unpaired) electrons. The first-order valence-corrected chi connectivity index (χ1v) is 25.8. The molecule has 0 unspecified atom stereocenters. The zero-order chi connectivity index (χ0) is 51.7. The van der Waals surface area contributed by atoms with Crippen LogP contribution < -0.4 is 14.5 Å². The summed E-state index contributed by atoms with van der Waals surface area (Å²) in [6, 6.07) is 66.4. The molecule has 3 heterocycles. The van der Waals surface area contributed by atoms with Gasteiger partial charge in [0.25, 0.3) is 0 Å². The van der Waals surface area contributed by atoms with Gasteiger partial charge in [0.1, 0.15) is 5.82 Å². The van der Waals surface area contributed by atoms with Gasteiger partial charge in [-0.05, 0) is 91.5 Å². The molecule has 0 aliphatic carbocycles. The van der Waals surface area contributed by atoms with Gasteiger partial charge in [-0.1, -0.05) is 216 Å². The van der Waals surface area contributed by atoms with Gasteiger partial charge in [-0.2, -0.15) is 0 Å². The van der Waals surface area contributed by atoms with Crippen LogP contribution >= 0.6 is 0 Å². The van der Waals surface area contributed by atoms with Gasteiger partial charge in [-0.3, -0.25) is 0 Å². The second-order valence-corrected chi connectivity index (χ2v) is 24.0. The molecule has 0 saturated carbocycles. The van der Waals surface area contributed by atoms with Crippen molar-refractivity contribution >= 4 is 33.2 Å². The molecular weight excluding hydrogens is 1080 g/mol. The topological polar surface area (TPSA) is 33.5 Å². The number of hydrogen-bond donors (Lipinski definition) is 0. The van der Waals surface area contributed by atoms with Crippen LogP contribution in [0.15, 0.2) is 182 Å². The van der Waals surface area contributed by atoms with Crippen molar-refractivity contribution in [2.45, 2.75) is 117 Å². The maximum atomic E-state index is 7.17. The van der Waals surface area contributed by atoms with Gasteiger partial charge in [0, 0.05) is 66.5 Å². The second-order valence-electron chi connectivity index (χ2n) is 24.0. The van der Waals surface area contributed by atoms with E-state index in [4.69, 9.17) is 9.72 Å². The molecule has 7 aromatic carbocycles. The summed E-state index contributed by atoms with van der Waals surface area (Å²) in [7, 11) is 0. The molecule has 1 aliphatic heterocycles. The Morgan fingerprint density at radius 1 is 0.500 bits per heavy atom. The summed E-state index contributed by atoms with van der Waals surface area (Å²) in [5, 5.41) is 2.29. The van der Waals surface area contributed by atoms with E-state index < -0.39 is 0 Å². The van der Waals surface area contributed by atoms with Crippen LogP contribution in [0.3, 0.4) is 0 Å². The Kier molecular flexibility index (Phi) is 13.8. The van der Waals surface area contributed by atoms with Crippen LogP contribution in [0.1, 0.15) is 123 Å². The van der Waals surface area contributed by atoms with E-state index in [0.717, 1.165) is 61.4 Å². The fourth-order valence-electron chi connectivity index (χ4n) is 10.3. The van der Waals surface area contributed by atoms with E-state index >= 15 is 0 Å². The summed E-state index contributed by atoms with van der Waals surface area (Å²) in [5.41, 5.74) is 13.6. The first kappa shape index (κ1) is 52.2. The molecule has 1 aliphatic rings. The van der Waals surface area contributed by atoms with E-state index in [-0.39, 0.29) is 48.1 Å². The van der Waals surface area contributed by atoms with Crippen molar-refractivity contribution in [3.8, 4) is 28.4 Å². The van der Waals surface area contributed by atoms with Crippen LogP contribution in [0.25, 0.3) is 38.8 Å². The average Bonchev–Trinajstić information content (AvgIpc) is 3.97. The molecule has 380 valence electrons. The van der Waals surface area contributed by atoms with Gasteiger partial charge in [-0.25, -0.2) is 4.98 Å². The number of rotatable bonds is 10. The smallest absolute Gasteiger partial charge is 0.135 e. The van der Waals surface area contributed by atoms with E-state index in [0.29, 0.717) is 11.5 Å². The number of ether oxygens (including phenoxy) is 1. The molecule has 2 aromatic heterocycles. The molecule has 0 bridgehead atoms. The monoisotopic (exact) mass is 1150 g/mol. The molecule has 5 nitrogen and oxygen atoms in total. The zero-order valence-corrected chi connectivity index (χ0v) is 47.6. The predicted molar refractivity (Wildman–Crippen MR) is 306 cm³/mol. The van der Waals surface area contributed by atoms with Crippen molar-refractivity contribution in [1.29, 1.82) is 0 Å². The van der Waals surface area contributed by atoms with Gasteiger partial charge in [0.05, 0.1) is 0 Å². The fourth-order valence-corrected chi connectivity index (χ4v) is 10.3. The number of fused-ring (bicyclic) bond motifs is 3. The summed E-state index contributed by atoms with van der Waals surface area (Å²) < 4.78 is 9.43. The zero-order valence-electron chi connectivity index (χ0n) is 45.3. The van der Waals surface area contributed by atoms with Crippen molar-refractivity contribution in [2.24, 2.45) is 0 Å². The van der Waals surface area contributed by atoms with Crippen LogP contribution in [0.4, 0.5) is 11.4 Å². The molecule has 0 saturated heterocycles. The summed E-state index contributed by atoms with van der Waals surface area (Å²) in [6.07, 6.45) is 4.22. The number of allylic oxidation sites excluding steroid dienone is 1. The minimum Gasteiger partial charge on any atom is -0.509 e. The van der Waals surface area contributed by atoms with Crippen molar-refractivity contribution in [3.63, 3.8) is 0 Å². The minimum atomic E-state index is -0.375. The van der Waals surface area contributed by atoms with Crippen LogP contribution in [-0.2, 0) is 48.1 Å². The number of pyridine rings is 1. The number of benzene rings is 7. The van der Waals surface area contributed by atoms with E-state index in [2.05, 4.69) is 293 Å². The maximum Gasteiger partial charge on any atom is 0.135 e. The van der Waals surface area contributed by atoms with Crippen LogP contribution in [0.2, 0.25) is 0 Å². The molecule has 74 heavy (non-hydrogen) atoms. The third-order valence-electron chi connectivity index (χ3n) is 14.9. The van der Waals surface area contributed by atoms with E-state index in [1.54, 1.807) is 0 Å². The number of nitrogens with zero attached hydrogens (tertiary/aromatic N) is 4. The Morgan fingerprint density at radius 3 is 1.68 bits per heavy atom. The van der Waals surface area contributed by atoms with Gasteiger partial charge in [0.15, 0.2) is 0 Å². The van der Waals surface area contributed by atoms with Gasteiger partial charge >= 0.3 is 0 Å². The fraction of sp³-hybridized carbons (Fsp3) is 0.265. The number of anilines is 2. The molecule has 10 rings (SSSR count). The third-order valence-corrected chi connectivity index (χ3v) is 14.9. The van der Waals surface area contributed by atoms with Gasteiger partial charge in [-0.15, -0.1) is 53.8 Å². The first-order valence-electron chi connectivity index (χ1n) is 25.8. The summed E-state index contributed by atoms with van der Waals surface area (Å²) in [4.78, 5) is 9.69. The Bertz CT molecular complexity index is 3480. The summed E-state index contributed by atoms with van der Waals surface area (Å²) >= 11 is 0. The number of aromatic nitrogens is 2. The van der Waals surface area contributed by atoms with Crippen molar-refractivity contribution in [1.82, 2.24) is 9.55 Å². The van der Waals surface area contributed by atoms with Gasteiger partial charge in [0.2, 0.25) is 0 Å². The van der Waals surface area contributed by atoms with E-state index in [9.17, 15) is 0 Å². The molecule has 6 heteroatoms. The van der Waals surface area contributed by atoms with Crippen LogP contribution in [-0.4, -0.2) is 9.55 Å². The molecule has 9 aromatic rings. The molecule has 0 atom stereocenters. The quantitative estimate of drug-likeness (QED) is 0.128. The van der Waals surface area contributed by atoms with Crippen LogP contribution in [0.5, 0.6) is 11.5 Å². The van der Waals surface area contributed by atoms with E-state index in [1.807, 2.05) is 6.20 Å². The van der Waals surface area contributed by atoms with Crippen molar-refractivity contribution in [2.75, 3.05) is 9.80 Å². The Hall–Kier alpha value is -6.68. The number of para-hydroxylation sites is 1. The van der Waals surface area contributed by atoms with Gasteiger partial charge < -0.3 is 19.1 Å². The minimum absolute atomic E-state index is 0. The van der Waals surface area contributed by atoms with Crippen molar-refractivity contribution < 1.29 is 25.8 Å². The summed E-state index contributed by atoms with van der Waals surface area (Å²) in [6.45, 7) is 32.1. The maximum absolute atomic E-state index is 7.17. The Labute approximate surface area is 455 Å². The molecule has 0 fully saturated rings. The standard InChI is InChI=1S/C68H69N4O.Pt/c1-64(2,3)51-37-52(65(4,5)6)39-54(38-51)71-45-70(44-61(71)68(12,13)49-29-21-16-22-30-49)53-35-47(46-25-17-14-18-26-46)36-55(41-53)73-56-42-58(66(7,8)9)63-57-31-23-24-32-59(57)72(60(63)43-56)62-40-50(33-34-69-62)67(10,11)48-27-19-15-20-28-48;/h14-40,42,44-45H,1-13H3;/q-3;. The van der Waals surface area contributed by atoms with E-state index in [1.165, 1.54) is 27.8 Å². The average molecular weight is 1150 g/mol. The third kappa shape index (κ3) is 10.0.